The number of hydrogen-bond acceptors (Lipinski definition) is 6. The maximum Gasteiger partial charge on any atom is 0.287 e. The highest BCUT2D eigenvalue weighted by Gasteiger charge is 2.19. The van der Waals surface area contributed by atoms with Gasteiger partial charge in [-0.05, 0) is 36.4 Å². The standard InChI is InChI=1S/C19H16N4O4S/c24-19(20-12-18-22-21-17-8-4-5-11-23(17)18)16-10-9-14(27-16)13-28(25,26)15-6-2-1-3-7-15/h1-11H,12-13H2,(H,20,24). The van der Waals surface area contributed by atoms with Crippen LogP contribution in [0.4, 0.5) is 0 Å². The van der Waals surface area contributed by atoms with Gasteiger partial charge in [-0.15, -0.1) is 10.2 Å². The van der Waals surface area contributed by atoms with Gasteiger partial charge in [0.05, 0.1) is 11.4 Å². The summed E-state index contributed by atoms with van der Waals surface area (Å²) in [5, 5.41) is 10.7. The van der Waals surface area contributed by atoms with Crippen LogP contribution in [0.3, 0.4) is 0 Å². The average Bonchev–Trinajstić information content (AvgIpc) is 3.33. The molecule has 142 valence electrons. The number of nitrogens with zero attached hydrogens (tertiary/aromatic N) is 3. The lowest BCUT2D eigenvalue weighted by Crippen LogP contribution is -2.23. The van der Waals surface area contributed by atoms with Gasteiger partial charge in [0, 0.05) is 6.20 Å². The third-order valence-electron chi connectivity index (χ3n) is 4.11. The van der Waals surface area contributed by atoms with Crippen LogP contribution in [0, 0.1) is 0 Å². The molecular formula is C19H16N4O4S. The molecule has 0 saturated carbocycles. The zero-order valence-corrected chi connectivity index (χ0v) is 15.5. The Hall–Kier alpha value is -3.46. The minimum Gasteiger partial charge on any atom is -0.455 e. The van der Waals surface area contributed by atoms with Gasteiger partial charge >= 0.3 is 0 Å². The highest BCUT2D eigenvalue weighted by Crippen LogP contribution is 2.18. The fraction of sp³-hybridized carbons (Fsp3) is 0.105. The van der Waals surface area contributed by atoms with Crippen molar-refractivity contribution in [3.8, 4) is 0 Å². The van der Waals surface area contributed by atoms with Crippen molar-refractivity contribution >= 4 is 21.4 Å². The first-order valence-corrected chi connectivity index (χ1v) is 10.1. The number of nitrogens with one attached hydrogen (secondary N) is 1. The van der Waals surface area contributed by atoms with Crippen molar-refractivity contribution in [2.45, 2.75) is 17.2 Å². The predicted molar refractivity (Wildman–Crippen MR) is 100 cm³/mol. The Kier molecular flexibility index (Phi) is 4.66. The second-order valence-electron chi connectivity index (χ2n) is 6.07. The minimum atomic E-state index is -3.54. The molecule has 0 unspecified atom stereocenters. The van der Waals surface area contributed by atoms with Gasteiger partial charge in [0.2, 0.25) is 0 Å². The Labute approximate surface area is 160 Å². The van der Waals surface area contributed by atoms with E-state index in [4.69, 9.17) is 4.42 Å². The number of fused-ring (bicyclic) bond motifs is 1. The highest BCUT2D eigenvalue weighted by atomic mass is 32.2. The molecule has 0 aliphatic heterocycles. The lowest BCUT2D eigenvalue weighted by Gasteiger charge is -2.03. The van der Waals surface area contributed by atoms with Gasteiger partial charge in [0.25, 0.3) is 5.91 Å². The molecule has 1 aromatic carbocycles. The Morgan fingerprint density at radius 1 is 1.00 bits per heavy atom. The summed E-state index contributed by atoms with van der Waals surface area (Å²) in [7, 11) is -3.54. The van der Waals surface area contributed by atoms with Gasteiger partial charge in [-0.25, -0.2) is 8.42 Å². The largest absolute Gasteiger partial charge is 0.455 e. The molecule has 28 heavy (non-hydrogen) atoms. The van der Waals surface area contributed by atoms with Crippen LogP contribution in [0.15, 0.2) is 76.2 Å². The molecular weight excluding hydrogens is 380 g/mol. The van der Waals surface area contributed by atoms with E-state index in [1.807, 2.05) is 18.2 Å². The number of hydrogen-bond donors (Lipinski definition) is 1. The zero-order valence-electron chi connectivity index (χ0n) is 14.6. The fourth-order valence-electron chi connectivity index (χ4n) is 2.73. The molecule has 3 aromatic heterocycles. The van der Waals surface area contributed by atoms with E-state index in [1.165, 1.54) is 24.3 Å². The van der Waals surface area contributed by atoms with Crippen LogP contribution in [0.5, 0.6) is 0 Å². The molecule has 1 N–H and O–H groups in total. The van der Waals surface area contributed by atoms with E-state index in [9.17, 15) is 13.2 Å². The first kappa shape index (κ1) is 17.9. The molecule has 0 fully saturated rings. The molecule has 0 aliphatic carbocycles. The minimum absolute atomic E-state index is 0.0343. The van der Waals surface area contributed by atoms with Crippen LogP contribution in [0.1, 0.15) is 22.1 Å². The highest BCUT2D eigenvalue weighted by molar-refractivity contribution is 7.90. The number of carbonyl (C=O) groups excluding carboxylic acids is 1. The maximum atomic E-state index is 12.4. The summed E-state index contributed by atoms with van der Waals surface area (Å²) in [6.45, 7) is 0.155. The molecule has 9 heteroatoms. The van der Waals surface area contributed by atoms with Crippen molar-refractivity contribution in [3.63, 3.8) is 0 Å². The maximum absolute atomic E-state index is 12.4. The van der Waals surface area contributed by atoms with Crippen LogP contribution in [0.2, 0.25) is 0 Å². The first-order valence-electron chi connectivity index (χ1n) is 8.46. The Morgan fingerprint density at radius 3 is 2.61 bits per heavy atom. The normalized spacial score (nSPS) is 11.6. The lowest BCUT2D eigenvalue weighted by molar-refractivity contribution is 0.0920. The van der Waals surface area contributed by atoms with E-state index in [0.717, 1.165) is 0 Å². The van der Waals surface area contributed by atoms with Crippen LogP contribution >= 0.6 is 0 Å². The number of sulfone groups is 1. The van der Waals surface area contributed by atoms with E-state index >= 15 is 0 Å². The topological polar surface area (TPSA) is 107 Å². The first-order chi connectivity index (χ1) is 13.5. The van der Waals surface area contributed by atoms with Crippen molar-refractivity contribution in [2.75, 3.05) is 0 Å². The Morgan fingerprint density at radius 2 is 1.79 bits per heavy atom. The number of furan rings is 1. The molecule has 8 nitrogen and oxygen atoms in total. The molecule has 0 radical (unpaired) electrons. The monoisotopic (exact) mass is 396 g/mol. The van der Waals surface area contributed by atoms with Gasteiger partial charge in [0.1, 0.15) is 11.5 Å². The third kappa shape index (κ3) is 3.65. The number of amides is 1. The van der Waals surface area contributed by atoms with Crippen LogP contribution in [0.25, 0.3) is 5.65 Å². The van der Waals surface area contributed by atoms with E-state index in [1.54, 1.807) is 28.8 Å². The lowest BCUT2D eigenvalue weighted by atomic mass is 10.4. The smallest absolute Gasteiger partial charge is 0.287 e. The van der Waals surface area contributed by atoms with Gasteiger partial charge in [0.15, 0.2) is 27.1 Å². The summed E-state index contributed by atoms with van der Waals surface area (Å²) < 4.78 is 32.0. The Bertz CT molecular complexity index is 1230. The molecule has 0 atom stereocenters. The molecule has 0 spiro atoms. The van der Waals surface area contributed by atoms with Crippen LogP contribution < -0.4 is 5.32 Å². The van der Waals surface area contributed by atoms with Gasteiger partial charge in [-0.3, -0.25) is 9.20 Å². The van der Waals surface area contributed by atoms with E-state index < -0.39 is 15.7 Å². The third-order valence-corrected chi connectivity index (χ3v) is 5.77. The number of pyridine rings is 1. The average molecular weight is 396 g/mol. The van der Waals surface area contributed by atoms with E-state index in [0.29, 0.717) is 11.5 Å². The number of benzene rings is 1. The summed E-state index contributed by atoms with van der Waals surface area (Å²) in [5.41, 5.74) is 0.679. The molecule has 1 amide bonds. The van der Waals surface area contributed by atoms with Gasteiger partial charge in [-0.1, -0.05) is 24.3 Å². The van der Waals surface area contributed by atoms with Gasteiger partial charge in [-0.2, -0.15) is 0 Å². The summed E-state index contributed by atoms with van der Waals surface area (Å²) in [4.78, 5) is 12.5. The van der Waals surface area contributed by atoms with Crippen molar-refractivity contribution in [1.82, 2.24) is 19.9 Å². The zero-order chi connectivity index (χ0) is 19.6. The number of aromatic nitrogens is 3. The summed E-state index contributed by atoms with van der Waals surface area (Å²) in [5.74, 6) is 0.0199. The second kappa shape index (κ2) is 7.28. The summed E-state index contributed by atoms with van der Waals surface area (Å²) in [6.07, 6.45) is 1.80. The van der Waals surface area contributed by atoms with Crippen molar-refractivity contribution in [2.24, 2.45) is 0 Å². The number of rotatable bonds is 6. The molecule has 0 saturated heterocycles. The van der Waals surface area contributed by atoms with Crippen LogP contribution in [-0.4, -0.2) is 28.9 Å². The van der Waals surface area contributed by atoms with Crippen molar-refractivity contribution < 1.29 is 17.6 Å². The summed E-state index contributed by atoms with van der Waals surface area (Å²) >= 11 is 0. The molecule has 4 rings (SSSR count). The van der Waals surface area contributed by atoms with Crippen LogP contribution in [-0.2, 0) is 22.1 Å². The second-order valence-corrected chi connectivity index (χ2v) is 8.06. The van der Waals surface area contributed by atoms with E-state index in [-0.39, 0.29) is 28.7 Å². The molecule has 0 aliphatic rings. The quantitative estimate of drug-likeness (QED) is 0.536. The van der Waals surface area contributed by atoms with Gasteiger partial charge < -0.3 is 9.73 Å². The Balaban J connectivity index is 1.43. The summed E-state index contributed by atoms with van der Waals surface area (Å²) in [6, 6.07) is 16.5. The molecule has 3 heterocycles. The fourth-order valence-corrected chi connectivity index (χ4v) is 4.00. The van der Waals surface area contributed by atoms with Crippen molar-refractivity contribution in [1.29, 1.82) is 0 Å². The molecule has 4 aromatic rings. The van der Waals surface area contributed by atoms with E-state index in [2.05, 4.69) is 15.5 Å². The number of carbonyl (C=O) groups is 1. The predicted octanol–water partition coefficient (Wildman–Crippen LogP) is 2.23. The SMILES string of the molecule is O=C(NCc1nnc2ccccn12)c1ccc(CS(=O)(=O)c2ccccc2)o1. The molecule has 0 bridgehead atoms. The van der Waals surface area contributed by atoms with Crippen molar-refractivity contribution in [3.05, 3.63) is 84.2 Å².